The first-order chi connectivity index (χ1) is 16.7. The average Bonchev–Trinajstić information content (AvgIpc) is 2.81. The summed E-state index contributed by atoms with van der Waals surface area (Å²) in [6.45, 7) is 5.03. The van der Waals surface area contributed by atoms with Crippen molar-refractivity contribution < 1.29 is 24.0 Å². The van der Waals surface area contributed by atoms with Gasteiger partial charge < -0.3 is 15.0 Å². The fraction of sp³-hybridized carbons (Fsp3) is 0.217. The van der Waals surface area contributed by atoms with Crippen molar-refractivity contribution in [2.75, 3.05) is 29.9 Å². The SMILES string of the molecule is CCN(CC)c1ccc(C=C2C(=O)NC(=S)NC2=O)c(OCC(=O)Nc2cccc([N+](=O)[O-])c2)c1. The maximum Gasteiger partial charge on any atom is 0.271 e. The zero-order chi connectivity index (χ0) is 25.5. The Kier molecular flexibility index (Phi) is 8.10. The fourth-order valence-corrected chi connectivity index (χ4v) is 3.54. The molecule has 3 rings (SSSR count). The lowest BCUT2D eigenvalue weighted by atomic mass is 10.1. The number of amides is 3. The molecule has 1 heterocycles. The van der Waals surface area contributed by atoms with E-state index >= 15 is 0 Å². The summed E-state index contributed by atoms with van der Waals surface area (Å²) >= 11 is 4.82. The second-order valence-electron chi connectivity index (χ2n) is 7.33. The number of benzene rings is 2. The van der Waals surface area contributed by atoms with Gasteiger partial charge in [0.1, 0.15) is 11.3 Å². The molecule has 0 bridgehead atoms. The highest BCUT2D eigenvalue weighted by molar-refractivity contribution is 7.80. The number of hydrogen-bond donors (Lipinski definition) is 3. The third-order valence-electron chi connectivity index (χ3n) is 5.07. The van der Waals surface area contributed by atoms with Crippen LogP contribution in [0.5, 0.6) is 5.75 Å². The molecule has 2 aromatic carbocycles. The van der Waals surface area contributed by atoms with Crippen molar-refractivity contribution in [3.8, 4) is 5.75 Å². The van der Waals surface area contributed by atoms with Crippen LogP contribution in [-0.2, 0) is 14.4 Å². The highest BCUT2D eigenvalue weighted by atomic mass is 32.1. The molecule has 0 aromatic heterocycles. The smallest absolute Gasteiger partial charge is 0.271 e. The lowest BCUT2D eigenvalue weighted by molar-refractivity contribution is -0.384. The summed E-state index contributed by atoms with van der Waals surface area (Å²) in [4.78, 5) is 49.4. The van der Waals surface area contributed by atoms with Crippen LogP contribution in [0.2, 0.25) is 0 Å². The average molecular weight is 498 g/mol. The zero-order valence-electron chi connectivity index (χ0n) is 19.0. The molecule has 0 spiro atoms. The van der Waals surface area contributed by atoms with Gasteiger partial charge in [0.15, 0.2) is 11.7 Å². The second-order valence-corrected chi connectivity index (χ2v) is 7.74. The molecule has 1 aliphatic heterocycles. The summed E-state index contributed by atoms with van der Waals surface area (Å²) in [5, 5.41) is 18.2. The van der Waals surface area contributed by atoms with Gasteiger partial charge in [0.2, 0.25) is 0 Å². The van der Waals surface area contributed by atoms with Crippen molar-refractivity contribution in [3.63, 3.8) is 0 Å². The van der Waals surface area contributed by atoms with E-state index in [0.29, 0.717) is 5.56 Å². The number of carbonyl (C=O) groups excluding carboxylic acids is 3. The van der Waals surface area contributed by atoms with Crippen molar-refractivity contribution in [3.05, 3.63) is 63.7 Å². The number of ether oxygens (including phenoxy) is 1. The summed E-state index contributed by atoms with van der Waals surface area (Å²) in [5.41, 5.74) is 1.15. The minimum absolute atomic E-state index is 0.0803. The van der Waals surface area contributed by atoms with Crippen LogP contribution in [0.1, 0.15) is 19.4 Å². The maximum absolute atomic E-state index is 12.5. The van der Waals surface area contributed by atoms with E-state index in [4.69, 9.17) is 17.0 Å². The Morgan fingerprint density at radius 2 is 1.83 bits per heavy atom. The van der Waals surface area contributed by atoms with Gasteiger partial charge in [-0.3, -0.25) is 35.1 Å². The number of anilines is 2. The highest BCUT2D eigenvalue weighted by Crippen LogP contribution is 2.28. The van der Waals surface area contributed by atoms with E-state index in [0.717, 1.165) is 18.8 Å². The number of nitrogens with one attached hydrogen (secondary N) is 3. The predicted molar refractivity (Wildman–Crippen MR) is 134 cm³/mol. The molecule has 0 saturated carbocycles. The normalized spacial score (nSPS) is 13.0. The standard InChI is InChI=1S/C23H23N5O6S/c1-3-27(4-2)16-9-8-14(10-18-21(30)25-23(35)26-22(18)31)19(12-16)34-13-20(29)24-15-6-5-7-17(11-15)28(32)33/h5-12H,3-4,13H2,1-2H3,(H,24,29)(H2,25,26,30,31,35). The van der Waals surface area contributed by atoms with Gasteiger partial charge in [0.05, 0.1) is 4.92 Å². The van der Waals surface area contributed by atoms with Crippen molar-refractivity contribution in [1.29, 1.82) is 0 Å². The highest BCUT2D eigenvalue weighted by Gasteiger charge is 2.26. The van der Waals surface area contributed by atoms with Crippen LogP contribution in [0.4, 0.5) is 17.1 Å². The minimum atomic E-state index is -0.652. The molecule has 1 saturated heterocycles. The van der Waals surface area contributed by atoms with Crippen molar-refractivity contribution >= 4 is 58.2 Å². The molecule has 0 aliphatic carbocycles. The number of non-ortho nitro benzene ring substituents is 1. The number of rotatable bonds is 9. The van der Waals surface area contributed by atoms with Crippen LogP contribution < -0.4 is 25.6 Å². The molecule has 0 unspecified atom stereocenters. The summed E-state index contributed by atoms with van der Waals surface area (Å²) in [5.74, 6) is -1.58. The number of nitro groups is 1. The van der Waals surface area contributed by atoms with E-state index in [1.807, 2.05) is 19.9 Å². The van der Waals surface area contributed by atoms with Gasteiger partial charge in [-0.1, -0.05) is 6.07 Å². The molecule has 11 nitrogen and oxygen atoms in total. The Balaban J connectivity index is 1.85. The molecule has 0 radical (unpaired) electrons. The van der Waals surface area contributed by atoms with Crippen LogP contribution in [0.15, 0.2) is 48.0 Å². The molecule has 35 heavy (non-hydrogen) atoms. The molecule has 3 amide bonds. The molecule has 12 heteroatoms. The number of nitro benzene ring substituents is 1. The van der Waals surface area contributed by atoms with Gasteiger partial charge >= 0.3 is 0 Å². The summed E-state index contributed by atoms with van der Waals surface area (Å²) < 4.78 is 5.76. The second kappa shape index (κ2) is 11.2. The first-order valence-electron chi connectivity index (χ1n) is 10.7. The van der Waals surface area contributed by atoms with E-state index in [-0.39, 0.29) is 27.8 Å². The number of hydrogen-bond acceptors (Lipinski definition) is 8. The van der Waals surface area contributed by atoms with Crippen LogP contribution in [0.25, 0.3) is 6.08 Å². The molecular weight excluding hydrogens is 474 g/mol. The number of carbonyl (C=O) groups is 3. The largest absolute Gasteiger partial charge is 0.483 e. The third-order valence-corrected chi connectivity index (χ3v) is 5.27. The van der Waals surface area contributed by atoms with E-state index in [2.05, 4.69) is 20.9 Å². The number of nitrogens with zero attached hydrogens (tertiary/aromatic N) is 2. The minimum Gasteiger partial charge on any atom is -0.483 e. The summed E-state index contributed by atoms with van der Waals surface area (Å²) in [7, 11) is 0. The van der Waals surface area contributed by atoms with Crippen LogP contribution in [0.3, 0.4) is 0 Å². The number of thiocarbonyl (C=S) groups is 1. The molecule has 0 atom stereocenters. The monoisotopic (exact) mass is 497 g/mol. The van der Waals surface area contributed by atoms with Gasteiger partial charge in [-0.25, -0.2) is 0 Å². The third kappa shape index (κ3) is 6.38. The summed E-state index contributed by atoms with van der Waals surface area (Å²) in [6, 6.07) is 10.7. The van der Waals surface area contributed by atoms with Gasteiger partial charge in [0, 0.05) is 48.2 Å². The van der Waals surface area contributed by atoms with Crippen molar-refractivity contribution in [2.45, 2.75) is 13.8 Å². The van der Waals surface area contributed by atoms with E-state index in [9.17, 15) is 24.5 Å². The zero-order valence-corrected chi connectivity index (χ0v) is 19.8. The Morgan fingerprint density at radius 3 is 2.46 bits per heavy atom. The molecule has 1 fully saturated rings. The Labute approximate surface area is 206 Å². The molecule has 182 valence electrons. The first-order valence-corrected chi connectivity index (χ1v) is 11.1. The quantitative estimate of drug-likeness (QED) is 0.158. The molecule has 3 N–H and O–H groups in total. The lowest BCUT2D eigenvalue weighted by Crippen LogP contribution is -2.51. The predicted octanol–water partition coefficient (Wildman–Crippen LogP) is 2.37. The summed E-state index contributed by atoms with van der Waals surface area (Å²) in [6.07, 6.45) is 1.35. The Bertz CT molecular complexity index is 1200. The van der Waals surface area contributed by atoms with Gasteiger partial charge in [-0.2, -0.15) is 0 Å². The van der Waals surface area contributed by atoms with Crippen molar-refractivity contribution in [2.24, 2.45) is 0 Å². The Morgan fingerprint density at radius 1 is 1.14 bits per heavy atom. The van der Waals surface area contributed by atoms with Crippen LogP contribution in [-0.4, -0.2) is 47.5 Å². The molecule has 1 aliphatic rings. The van der Waals surface area contributed by atoms with Gasteiger partial charge in [-0.05, 0) is 50.3 Å². The lowest BCUT2D eigenvalue weighted by Gasteiger charge is -2.23. The van der Waals surface area contributed by atoms with Gasteiger partial charge in [-0.15, -0.1) is 0 Å². The molecule has 2 aromatic rings. The Hall–Kier alpha value is -4.32. The van der Waals surface area contributed by atoms with Gasteiger partial charge in [0.25, 0.3) is 23.4 Å². The van der Waals surface area contributed by atoms with E-state index in [1.165, 1.54) is 30.3 Å². The topological polar surface area (TPSA) is 143 Å². The van der Waals surface area contributed by atoms with E-state index in [1.54, 1.807) is 12.1 Å². The maximum atomic E-state index is 12.5. The first kappa shape index (κ1) is 25.3. The van der Waals surface area contributed by atoms with Crippen molar-refractivity contribution in [1.82, 2.24) is 10.6 Å². The van der Waals surface area contributed by atoms with E-state index < -0.39 is 29.3 Å². The van der Waals surface area contributed by atoms with Crippen LogP contribution >= 0.6 is 12.2 Å². The molecular formula is C23H23N5O6S. The fourth-order valence-electron chi connectivity index (χ4n) is 3.35. The van der Waals surface area contributed by atoms with Crippen LogP contribution in [0, 0.1) is 10.1 Å².